The maximum Gasteiger partial charge on any atom is 0.187 e. The first kappa shape index (κ1) is 15.2. The van der Waals surface area contributed by atoms with Crippen LogP contribution in [0.15, 0.2) is 6.33 Å². The normalized spacial score (nSPS) is 22.8. The summed E-state index contributed by atoms with van der Waals surface area (Å²) in [4.78, 5) is 10.3. The number of nitrogens with two attached hydrogens (primary N) is 1. The fourth-order valence-electron chi connectivity index (χ4n) is 3.26. The van der Waals surface area contributed by atoms with E-state index >= 15 is 0 Å². The van der Waals surface area contributed by atoms with E-state index in [1.54, 1.807) is 0 Å². The lowest BCUT2D eigenvalue weighted by molar-refractivity contribution is 0.298. The van der Waals surface area contributed by atoms with Gasteiger partial charge in [-0.25, -0.2) is 14.4 Å². The second-order valence-corrected chi connectivity index (χ2v) is 5.45. The van der Waals surface area contributed by atoms with Crippen molar-refractivity contribution in [1.82, 2.24) is 9.97 Å². The summed E-state index contributed by atoms with van der Waals surface area (Å²) >= 11 is 0. The second-order valence-electron chi connectivity index (χ2n) is 5.45. The Morgan fingerprint density at radius 2 is 2.05 bits per heavy atom. The van der Waals surface area contributed by atoms with Crippen LogP contribution in [-0.2, 0) is 6.42 Å². The van der Waals surface area contributed by atoms with Gasteiger partial charge in [-0.2, -0.15) is 0 Å². The van der Waals surface area contributed by atoms with Crippen molar-refractivity contribution in [3.63, 3.8) is 0 Å². The van der Waals surface area contributed by atoms with Crippen LogP contribution in [0.4, 0.5) is 10.2 Å². The van der Waals surface area contributed by atoms with Crippen molar-refractivity contribution in [2.75, 3.05) is 18.0 Å². The van der Waals surface area contributed by atoms with Crippen LogP contribution in [0.2, 0.25) is 0 Å². The van der Waals surface area contributed by atoms with E-state index in [0.29, 0.717) is 36.4 Å². The Balaban J connectivity index is 2.31. The molecule has 2 N–H and O–H groups in total. The summed E-state index contributed by atoms with van der Waals surface area (Å²) in [6, 6.07) is 0.299. The average Bonchev–Trinajstić information content (AvgIpc) is 2.50. The maximum absolute atomic E-state index is 14.5. The molecule has 20 heavy (non-hydrogen) atoms. The summed E-state index contributed by atoms with van der Waals surface area (Å²) in [5.74, 6) is 0.617. The van der Waals surface area contributed by atoms with Crippen LogP contribution in [0, 0.1) is 11.7 Å². The highest BCUT2D eigenvalue weighted by Crippen LogP contribution is 2.31. The molecule has 1 saturated carbocycles. The summed E-state index contributed by atoms with van der Waals surface area (Å²) in [5, 5.41) is 0. The smallest absolute Gasteiger partial charge is 0.187 e. The first-order chi connectivity index (χ1) is 9.72. The lowest BCUT2D eigenvalue weighted by atomic mass is 9.83. The SMILES string of the molecule is CCc1ncnc(N(CC)C2CCCCC2CN)c1F. The van der Waals surface area contributed by atoms with Gasteiger partial charge in [-0.3, -0.25) is 0 Å². The molecule has 1 aromatic rings. The predicted octanol–water partition coefficient (Wildman–Crippen LogP) is 2.52. The number of aryl methyl sites for hydroxylation is 1. The van der Waals surface area contributed by atoms with Crippen LogP contribution in [-0.4, -0.2) is 29.1 Å². The summed E-state index contributed by atoms with van der Waals surface area (Å²) in [5.41, 5.74) is 6.40. The first-order valence-corrected chi connectivity index (χ1v) is 7.68. The van der Waals surface area contributed by atoms with Gasteiger partial charge in [-0.15, -0.1) is 0 Å². The van der Waals surface area contributed by atoms with Gasteiger partial charge in [-0.05, 0) is 38.6 Å². The summed E-state index contributed by atoms with van der Waals surface area (Å²) in [6.45, 7) is 5.37. The molecular weight excluding hydrogens is 255 g/mol. The Hall–Kier alpha value is -1.23. The largest absolute Gasteiger partial charge is 0.351 e. The van der Waals surface area contributed by atoms with E-state index in [4.69, 9.17) is 5.73 Å². The maximum atomic E-state index is 14.5. The van der Waals surface area contributed by atoms with Gasteiger partial charge in [0.2, 0.25) is 0 Å². The van der Waals surface area contributed by atoms with Gasteiger partial charge < -0.3 is 10.6 Å². The average molecular weight is 280 g/mol. The number of anilines is 1. The molecule has 1 fully saturated rings. The van der Waals surface area contributed by atoms with Gasteiger partial charge in [0.15, 0.2) is 11.6 Å². The van der Waals surface area contributed by atoms with Crippen molar-refractivity contribution < 1.29 is 4.39 Å². The molecule has 1 aromatic heterocycles. The van der Waals surface area contributed by atoms with Gasteiger partial charge in [0.25, 0.3) is 0 Å². The molecule has 2 atom stereocenters. The zero-order valence-electron chi connectivity index (χ0n) is 12.5. The molecule has 0 radical (unpaired) electrons. The highest BCUT2D eigenvalue weighted by atomic mass is 19.1. The fourth-order valence-corrected chi connectivity index (χ4v) is 3.26. The van der Waals surface area contributed by atoms with Crippen molar-refractivity contribution in [3.05, 3.63) is 17.8 Å². The highest BCUT2D eigenvalue weighted by molar-refractivity contribution is 5.42. The third kappa shape index (κ3) is 2.92. The second kappa shape index (κ2) is 6.97. The van der Waals surface area contributed by atoms with Crippen molar-refractivity contribution in [1.29, 1.82) is 0 Å². The lowest BCUT2D eigenvalue weighted by Gasteiger charge is -2.40. The Morgan fingerprint density at radius 1 is 1.30 bits per heavy atom. The fraction of sp³-hybridized carbons (Fsp3) is 0.733. The third-order valence-electron chi connectivity index (χ3n) is 4.36. The van der Waals surface area contributed by atoms with Crippen LogP contribution in [0.5, 0.6) is 0 Å². The monoisotopic (exact) mass is 280 g/mol. The van der Waals surface area contributed by atoms with Crippen LogP contribution < -0.4 is 10.6 Å². The van der Waals surface area contributed by atoms with Crippen LogP contribution in [0.1, 0.15) is 45.2 Å². The van der Waals surface area contributed by atoms with E-state index in [9.17, 15) is 4.39 Å². The Kier molecular flexibility index (Phi) is 5.29. The summed E-state index contributed by atoms with van der Waals surface area (Å²) in [6.07, 6.45) is 6.67. The van der Waals surface area contributed by atoms with Gasteiger partial charge in [0, 0.05) is 12.6 Å². The number of halogens is 1. The topological polar surface area (TPSA) is 55.0 Å². The molecule has 0 spiro atoms. The van der Waals surface area contributed by atoms with Crippen LogP contribution >= 0.6 is 0 Å². The van der Waals surface area contributed by atoms with Crippen molar-refractivity contribution in [3.8, 4) is 0 Å². The van der Waals surface area contributed by atoms with Gasteiger partial charge in [0.1, 0.15) is 6.33 Å². The molecule has 0 aromatic carbocycles. The van der Waals surface area contributed by atoms with Crippen LogP contribution in [0.3, 0.4) is 0 Å². The first-order valence-electron chi connectivity index (χ1n) is 7.68. The van der Waals surface area contributed by atoms with E-state index in [1.807, 2.05) is 6.92 Å². The number of aromatic nitrogens is 2. The van der Waals surface area contributed by atoms with Crippen LogP contribution in [0.25, 0.3) is 0 Å². The minimum absolute atomic E-state index is 0.266. The van der Waals surface area contributed by atoms with E-state index in [-0.39, 0.29) is 5.82 Å². The molecule has 0 saturated heterocycles. The van der Waals surface area contributed by atoms with E-state index in [1.165, 1.54) is 19.2 Å². The molecule has 1 heterocycles. The van der Waals surface area contributed by atoms with Gasteiger partial charge in [-0.1, -0.05) is 19.8 Å². The van der Waals surface area contributed by atoms with Crippen molar-refractivity contribution in [2.45, 2.75) is 52.0 Å². The number of hydrogen-bond donors (Lipinski definition) is 1. The molecule has 2 unspecified atom stereocenters. The lowest BCUT2D eigenvalue weighted by Crippen LogP contribution is -2.46. The van der Waals surface area contributed by atoms with Crippen molar-refractivity contribution >= 4 is 5.82 Å². The molecule has 112 valence electrons. The molecule has 0 aliphatic heterocycles. The zero-order valence-corrected chi connectivity index (χ0v) is 12.5. The number of rotatable bonds is 5. The summed E-state index contributed by atoms with van der Waals surface area (Å²) < 4.78 is 14.5. The molecule has 5 heteroatoms. The molecule has 1 aliphatic rings. The molecule has 0 bridgehead atoms. The molecular formula is C15H25FN4. The summed E-state index contributed by atoms with van der Waals surface area (Å²) in [7, 11) is 0. The third-order valence-corrected chi connectivity index (χ3v) is 4.36. The molecule has 2 rings (SSSR count). The zero-order chi connectivity index (χ0) is 14.5. The quantitative estimate of drug-likeness (QED) is 0.900. The Bertz CT molecular complexity index is 438. The van der Waals surface area contributed by atoms with Crippen molar-refractivity contribution in [2.24, 2.45) is 11.7 Å². The minimum Gasteiger partial charge on any atom is -0.351 e. The van der Waals surface area contributed by atoms with E-state index < -0.39 is 0 Å². The predicted molar refractivity (Wildman–Crippen MR) is 79.2 cm³/mol. The number of nitrogens with zero attached hydrogens (tertiary/aromatic N) is 3. The van der Waals surface area contributed by atoms with Gasteiger partial charge in [0.05, 0.1) is 5.69 Å². The standard InChI is InChI=1S/C15H25FN4/c1-3-12-14(16)15(19-10-18-12)20(4-2)13-8-6-5-7-11(13)9-17/h10-11,13H,3-9,17H2,1-2H3. The molecule has 1 aliphatic carbocycles. The number of hydrogen-bond acceptors (Lipinski definition) is 4. The van der Waals surface area contributed by atoms with E-state index in [2.05, 4.69) is 21.8 Å². The molecule has 4 nitrogen and oxygen atoms in total. The van der Waals surface area contributed by atoms with Gasteiger partial charge >= 0.3 is 0 Å². The molecule has 0 amide bonds. The Morgan fingerprint density at radius 3 is 2.70 bits per heavy atom. The van der Waals surface area contributed by atoms with E-state index in [0.717, 1.165) is 19.4 Å². The Labute approximate surface area is 120 Å². The minimum atomic E-state index is -0.266. The highest BCUT2D eigenvalue weighted by Gasteiger charge is 2.31.